The second-order valence-corrected chi connectivity index (χ2v) is 5.18. The molecule has 0 bridgehead atoms. The number of hydrogen-bond acceptors (Lipinski definition) is 3. The van der Waals surface area contributed by atoms with E-state index in [1.807, 2.05) is 47.9 Å². The van der Waals surface area contributed by atoms with Gasteiger partial charge in [0.05, 0.1) is 7.11 Å². The molecule has 1 heterocycles. The Kier molecular flexibility index (Phi) is 5.38. The number of amides is 1. The molecule has 1 amide bonds. The number of carbonyl (C=O) groups is 1. The van der Waals surface area contributed by atoms with E-state index in [0.29, 0.717) is 6.54 Å². The first-order valence-corrected chi connectivity index (χ1v) is 7.29. The quantitative estimate of drug-likeness (QED) is 0.829. The molecule has 4 heteroatoms. The number of hydrogen-bond donors (Lipinski definition) is 1. The lowest BCUT2D eigenvalue weighted by atomic mass is 10.1. The first kappa shape index (κ1) is 14.3. The Morgan fingerprint density at radius 1 is 1.30 bits per heavy atom. The number of carbonyl (C=O) groups excluding carboxylic acids is 1. The molecule has 0 unspecified atom stereocenters. The Morgan fingerprint density at radius 2 is 2.15 bits per heavy atom. The van der Waals surface area contributed by atoms with Crippen LogP contribution in [0.25, 0.3) is 6.08 Å². The summed E-state index contributed by atoms with van der Waals surface area (Å²) in [6.07, 6.45) is 4.14. The molecule has 1 aromatic heterocycles. The largest absolute Gasteiger partial charge is 0.496 e. The van der Waals surface area contributed by atoms with E-state index in [1.165, 1.54) is 0 Å². The lowest BCUT2D eigenvalue weighted by Gasteiger charge is -2.08. The lowest BCUT2D eigenvalue weighted by molar-refractivity contribution is -0.116. The Labute approximate surface area is 122 Å². The van der Waals surface area contributed by atoms with Gasteiger partial charge in [0.2, 0.25) is 5.91 Å². The Hall–Kier alpha value is -2.07. The van der Waals surface area contributed by atoms with Gasteiger partial charge in [-0.1, -0.05) is 24.3 Å². The van der Waals surface area contributed by atoms with E-state index in [1.54, 1.807) is 24.5 Å². The molecule has 0 aliphatic carbocycles. The molecule has 0 radical (unpaired) electrons. The third-order valence-electron chi connectivity index (χ3n) is 2.83. The molecule has 104 valence electrons. The zero-order chi connectivity index (χ0) is 14.2. The average molecular weight is 287 g/mol. The van der Waals surface area contributed by atoms with E-state index in [9.17, 15) is 4.79 Å². The van der Waals surface area contributed by atoms with E-state index >= 15 is 0 Å². The van der Waals surface area contributed by atoms with Crippen molar-refractivity contribution in [1.29, 1.82) is 0 Å². The molecule has 20 heavy (non-hydrogen) atoms. The van der Waals surface area contributed by atoms with Crippen LogP contribution in [0.15, 0.2) is 47.9 Å². The minimum absolute atomic E-state index is 0.0757. The highest BCUT2D eigenvalue weighted by atomic mass is 32.1. The molecule has 2 rings (SSSR count). The van der Waals surface area contributed by atoms with Crippen LogP contribution >= 0.6 is 11.3 Å². The fourth-order valence-corrected chi connectivity index (χ4v) is 2.45. The molecule has 0 saturated heterocycles. The van der Waals surface area contributed by atoms with E-state index < -0.39 is 0 Å². The predicted octanol–water partition coefficient (Wildman–Crippen LogP) is 3.13. The predicted molar refractivity (Wildman–Crippen MR) is 83.1 cm³/mol. The molecule has 0 spiro atoms. The number of rotatable bonds is 6. The van der Waals surface area contributed by atoms with Gasteiger partial charge in [-0.15, -0.1) is 11.3 Å². The van der Waals surface area contributed by atoms with Gasteiger partial charge in [0, 0.05) is 17.5 Å². The van der Waals surface area contributed by atoms with Crippen LogP contribution in [-0.2, 0) is 11.2 Å². The summed E-state index contributed by atoms with van der Waals surface area (Å²) in [4.78, 5) is 12.7. The maximum absolute atomic E-state index is 11.7. The van der Waals surface area contributed by atoms with Crippen molar-refractivity contribution in [3.05, 3.63) is 58.3 Å². The van der Waals surface area contributed by atoms with E-state index in [-0.39, 0.29) is 5.91 Å². The van der Waals surface area contributed by atoms with Gasteiger partial charge >= 0.3 is 0 Å². The molecule has 0 saturated carbocycles. The highest BCUT2D eigenvalue weighted by Gasteiger charge is 2.02. The van der Waals surface area contributed by atoms with Crippen molar-refractivity contribution < 1.29 is 9.53 Å². The van der Waals surface area contributed by atoms with Crippen molar-refractivity contribution in [3.63, 3.8) is 0 Å². The van der Waals surface area contributed by atoms with Crippen molar-refractivity contribution >= 4 is 23.3 Å². The number of para-hydroxylation sites is 1. The molecule has 0 fully saturated rings. The Bertz CT molecular complexity index is 576. The molecule has 0 aliphatic rings. The van der Waals surface area contributed by atoms with Crippen molar-refractivity contribution in [2.45, 2.75) is 6.42 Å². The zero-order valence-electron chi connectivity index (χ0n) is 11.3. The van der Waals surface area contributed by atoms with Crippen LogP contribution in [0.2, 0.25) is 0 Å². The number of nitrogens with one attached hydrogen (secondary N) is 1. The van der Waals surface area contributed by atoms with E-state index in [4.69, 9.17) is 4.74 Å². The first-order chi connectivity index (χ1) is 9.79. The third-order valence-corrected chi connectivity index (χ3v) is 3.67. The number of benzene rings is 1. The number of methoxy groups -OCH3 is 1. The van der Waals surface area contributed by atoms with Gasteiger partial charge in [0.1, 0.15) is 5.75 Å². The van der Waals surface area contributed by atoms with Gasteiger partial charge in [-0.2, -0.15) is 0 Å². The van der Waals surface area contributed by atoms with Crippen molar-refractivity contribution in [1.82, 2.24) is 5.32 Å². The summed E-state index contributed by atoms with van der Waals surface area (Å²) >= 11 is 1.61. The lowest BCUT2D eigenvalue weighted by Crippen LogP contribution is -2.23. The fraction of sp³-hybridized carbons (Fsp3) is 0.188. The summed E-state index contributed by atoms with van der Waals surface area (Å²) in [5, 5.41) is 4.85. The van der Waals surface area contributed by atoms with Crippen LogP contribution < -0.4 is 10.1 Å². The Morgan fingerprint density at radius 3 is 2.90 bits per heavy atom. The van der Waals surface area contributed by atoms with Crippen molar-refractivity contribution in [3.8, 4) is 5.75 Å². The number of thiophene rings is 1. The van der Waals surface area contributed by atoms with Crippen molar-refractivity contribution in [2.75, 3.05) is 13.7 Å². The maximum atomic E-state index is 11.7. The first-order valence-electron chi connectivity index (χ1n) is 6.41. The summed E-state index contributed by atoms with van der Waals surface area (Å²) in [5.41, 5.74) is 1.09. The van der Waals surface area contributed by atoms with Gasteiger partial charge in [0.25, 0.3) is 0 Å². The van der Waals surface area contributed by atoms with E-state index in [0.717, 1.165) is 22.6 Å². The highest BCUT2D eigenvalue weighted by molar-refractivity contribution is 7.10. The minimum Gasteiger partial charge on any atom is -0.496 e. The number of ether oxygens (including phenoxy) is 1. The standard InChI is InChI=1S/C16H17NO2S/c1-19-15-7-3-2-5-13(15)10-11-17-16(18)9-8-14-6-4-12-20-14/h2-9,12H,10-11H2,1H3,(H,17,18)/b9-8+. The molecule has 0 atom stereocenters. The molecule has 0 aliphatic heterocycles. The fourth-order valence-electron chi connectivity index (χ4n) is 1.83. The summed E-state index contributed by atoms with van der Waals surface area (Å²) < 4.78 is 5.27. The van der Waals surface area contributed by atoms with Gasteiger partial charge in [0.15, 0.2) is 0 Å². The van der Waals surface area contributed by atoms with Crippen LogP contribution in [0.3, 0.4) is 0 Å². The summed E-state index contributed by atoms with van der Waals surface area (Å²) in [6, 6.07) is 11.8. The molecule has 3 nitrogen and oxygen atoms in total. The molecular formula is C16H17NO2S. The van der Waals surface area contributed by atoms with Gasteiger partial charge in [-0.05, 0) is 35.6 Å². The zero-order valence-corrected chi connectivity index (χ0v) is 12.2. The second-order valence-electron chi connectivity index (χ2n) is 4.20. The maximum Gasteiger partial charge on any atom is 0.244 e. The van der Waals surface area contributed by atoms with Crippen LogP contribution in [-0.4, -0.2) is 19.6 Å². The van der Waals surface area contributed by atoms with Gasteiger partial charge < -0.3 is 10.1 Å². The van der Waals surface area contributed by atoms with Crippen molar-refractivity contribution in [2.24, 2.45) is 0 Å². The van der Waals surface area contributed by atoms with Crippen LogP contribution in [0.1, 0.15) is 10.4 Å². The SMILES string of the molecule is COc1ccccc1CCNC(=O)/C=C/c1cccs1. The normalized spacial score (nSPS) is 10.7. The minimum atomic E-state index is -0.0757. The van der Waals surface area contributed by atoms with E-state index in [2.05, 4.69) is 5.32 Å². The molecule has 1 N–H and O–H groups in total. The molecule has 2 aromatic rings. The van der Waals surface area contributed by atoms with Crippen LogP contribution in [0.5, 0.6) is 5.75 Å². The summed E-state index contributed by atoms with van der Waals surface area (Å²) in [6.45, 7) is 0.591. The molecular weight excluding hydrogens is 270 g/mol. The summed E-state index contributed by atoms with van der Waals surface area (Å²) in [7, 11) is 1.65. The highest BCUT2D eigenvalue weighted by Crippen LogP contribution is 2.17. The smallest absolute Gasteiger partial charge is 0.244 e. The summed E-state index contributed by atoms with van der Waals surface area (Å²) in [5.74, 6) is 0.782. The Balaban J connectivity index is 1.79. The average Bonchev–Trinajstić information content (AvgIpc) is 2.99. The van der Waals surface area contributed by atoms with Gasteiger partial charge in [-0.3, -0.25) is 4.79 Å². The monoisotopic (exact) mass is 287 g/mol. The molecule has 1 aromatic carbocycles. The second kappa shape index (κ2) is 7.50. The van der Waals surface area contributed by atoms with Gasteiger partial charge in [-0.25, -0.2) is 0 Å². The van der Waals surface area contributed by atoms with Crippen LogP contribution in [0, 0.1) is 0 Å². The third kappa shape index (κ3) is 4.24. The van der Waals surface area contributed by atoms with Crippen LogP contribution in [0.4, 0.5) is 0 Å². The topological polar surface area (TPSA) is 38.3 Å².